The maximum Gasteiger partial charge on any atom is 0.293 e. The highest BCUT2D eigenvalue weighted by Crippen LogP contribution is 2.47. The summed E-state index contributed by atoms with van der Waals surface area (Å²) in [5, 5.41) is 0. The Kier molecular flexibility index (Phi) is 4.38. The van der Waals surface area contributed by atoms with E-state index < -0.39 is 5.79 Å². The van der Waals surface area contributed by atoms with Gasteiger partial charge in [0.15, 0.2) is 0 Å². The molecule has 7 heteroatoms. The van der Waals surface area contributed by atoms with Crippen molar-refractivity contribution in [2.75, 3.05) is 44.5 Å². The molecule has 24 heavy (non-hydrogen) atoms. The number of hydrogen-bond donors (Lipinski definition) is 0. The molecule has 3 heterocycles. The van der Waals surface area contributed by atoms with Gasteiger partial charge in [-0.05, 0) is 31.5 Å². The van der Waals surface area contributed by atoms with Crippen molar-refractivity contribution in [2.24, 2.45) is 0 Å². The Hall–Kier alpha value is -0.990. The van der Waals surface area contributed by atoms with E-state index in [9.17, 15) is 4.79 Å². The lowest BCUT2D eigenvalue weighted by Crippen LogP contribution is -2.52. The van der Waals surface area contributed by atoms with Crippen LogP contribution in [0.2, 0.25) is 0 Å². The molecule has 1 spiro atoms. The number of nitrogens with zero attached hydrogens (tertiary/aromatic N) is 2. The van der Waals surface area contributed by atoms with Gasteiger partial charge in [0.1, 0.15) is 0 Å². The average molecular weight is 397 g/mol. The van der Waals surface area contributed by atoms with Crippen molar-refractivity contribution < 1.29 is 19.0 Å². The van der Waals surface area contributed by atoms with Gasteiger partial charge in [-0.2, -0.15) is 0 Å². The van der Waals surface area contributed by atoms with Crippen LogP contribution in [-0.4, -0.2) is 56.5 Å². The van der Waals surface area contributed by atoms with Crippen molar-refractivity contribution in [2.45, 2.75) is 25.2 Å². The van der Waals surface area contributed by atoms with E-state index in [1.807, 2.05) is 25.1 Å². The molecule has 130 valence electrons. The predicted octanol–water partition coefficient (Wildman–Crippen LogP) is 2.06. The first-order valence-electron chi connectivity index (χ1n) is 8.34. The number of fused-ring (bicyclic) bond motifs is 2. The van der Waals surface area contributed by atoms with Crippen molar-refractivity contribution in [3.05, 3.63) is 28.2 Å². The Balaban J connectivity index is 1.70. The molecule has 1 aromatic carbocycles. The van der Waals surface area contributed by atoms with Crippen LogP contribution in [0.1, 0.15) is 18.9 Å². The predicted molar refractivity (Wildman–Crippen MR) is 91.7 cm³/mol. The van der Waals surface area contributed by atoms with Gasteiger partial charge < -0.3 is 14.2 Å². The summed E-state index contributed by atoms with van der Waals surface area (Å²) in [6.07, 6.45) is 0.778. The van der Waals surface area contributed by atoms with Gasteiger partial charge in [-0.25, -0.2) is 0 Å². The van der Waals surface area contributed by atoms with Crippen LogP contribution in [0.15, 0.2) is 22.7 Å². The first-order valence-corrected chi connectivity index (χ1v) is 9.13. The van der Waals surface area contributed by atoms with Crippen molar-refractivity contribution >= 4 is 27.5 Å². The third kappa shape index (κ3) is 2.68. The van der Waals surface area contributed by atoms with Crippen molar-refractivity contribution in [3.8, 4) is 0 Å². The van der Waals surface area contributed by atoms with Crippen molar-refractivity contribution in [3.63, 3.8) is 0 Å². The number of anilines is 1. The van der Waals surface area contributed by atoms with Gasteiger partial charge in [-0.3, -0.25) is 14.6 Å². The maximum absolute atomic E-state index is 13.3. The molecule has 0 aromatic heterocycles. The van der Waals surface area contributed by atoms with Gasteiger partial charge in [0.05, 0.1) is 38.3 Å². The number of benzene rings is 1. The first-order chi connectivity index (χ1) is 11.6. The highest BCUT2D eigenvalue weighted by atomic mass is 79.9. The van der Waals surface area contributed by atoms with E-state index in [-0.39, 0.29) is 12.0 Å². The van der Waals surface area contributed by atoms with Crippen LogP contribution in [0.4, 0.5) is 5.69 Å². The number of carbonyl (C=O) groups excluding carboxylic acids is 1. The van der Waals surface area contributed by atoms with Crippen LogP contribution < -0.4 is 4.90 Å². The Bertz CT molecular complexity index is 649. The van der Waals surface area contributed by atoms with E-state index in [1.165, 1.54) is 0 Å². The molecule has 2 atom stereocenters. The molecule has 2 fully saturated rings. The molecule has 0 unspecified atom stereocenters. The zero-order valence-electron chi connectivity index (χ0n) is 13.7. The third-order valence-electron chi connectivity index (χ3n) is 4.77. The molecule has 0 radical (unpaired) electrons. The maximum atomic E-state index is 13.3. The zero-order valence-corrected chi connectivity index (χ0v) is 15.3. The molecule has 2 saturated heterocycles. The molecule has 1 aromatic rings. The van der Waals surface area contributed by atoms with Gasteiger partial charge in [0.25, 0.3) is 11.7 Å². The standard InChI is InChI=1S/C17H21BrN2O4/c1-12-4-7-23-17(24-12)14-10-13(18)2-3-15(14)20(16(17)21)11-19-5-8-22-9-6-19/h2-3,10,12H,4-9,11H2,1H3/t12-,17-/m0/s1. The van der Waals surface area contributed by atoms with Gasteiger partial charge in [0.2, 0.25) is 0 Å². The van der Waals surface area contributed by atoms with E-state index in [1.54, 1.807) is 4.90 Å². The third-order valence-corrected chi connectivity index (χ3v) is 5.27. The Labute approximate surface area is 149 Å². The quantitative estimate of drug-likeness (QED) is 0.765. The normalized spacial score (nSPS) is 30.8. The van der Waals surface area contributed by atoms with Crippen molar-refractivity contribution in [1.29, 1.82) is 0 Å². The summed E-state index contributed by atoms with van der Waals surface area (Å²) < 4.78 is 18.3. The van der Waals surface area contributed by atoms with Crippen LogP contribution in [0, 0.1) is 0 Å². The lowest BCUT2D eigenvalue weighted by Gasteiger charge is -2.37. The zero-order chi connectivity index (χ0) is 16.7. The minimum atomic E-state index is -1.30. The first kappa shape index (κ1) is 16.5. The Morgan fingerprint density at radius 1 is 1.29 bits per heavy atom. The molecule has 0 aliphatic carbocycles. The van der Waals surface area contributed by atoms with Crippen LogP contribution in [0.3, 0.4) is 0 Å². The summed E-state index contributed by atoms with van der Waals surface area (Å²) >= 11 is 3.50. The second-order valence-corrected chi connectivity index (χ2v) is 7.36. The fraction of sp³-hybridized carbons (Fsp3) is 0.588. The van der Waals surface area contributed by atoms with E-state index in [0.29, 0.717) is 26.5 Å². The molecule has 3 aliphatic rings. The lowest BCUT2D eigenvalue weighted by molar-refractivity contribution is -0.278. The van der Waals surface area contributed by atoms with E-state index in [2.05, 4.69) is 20.8 Å². The second-order valence-electron chi connectivity index (χ2n) is 6.45. The number of hydrogen-bond acceptors (Lipinski definition) is 5. The second kappa shape index (κ2) is 6.38. The summed E-state index contributed by atoms with van der Waals surface area (Å²) in [7, 11) is 0. The fourth-order valence-corrected chi connectivity index (χ4v) is 3.85. The van der Waals surface area contributed by atoms with Crippen LogP contribution >= 0.6 is 15.9 Å². The summed E-state index contributed by atoms with van der Waals surface area (Å²) in [5.74, 6) is -1.43. The molecular weight excluding hydrogens is 376 g/mol. The fourth-order valence-electron chi connectivity index (χ4n) is 3.49. The van der Waals surface area contributed by atoms with Crippen LogP contribution in [0.25, 0.3) is 0 Å². The Morgan fingerprint density at radius 2 is 2.08 bits per heavy atom. The molecule has 0 saturated carbocycles. The van der Waals surface area contributed by atoms with Gasteiger partial charge in [-0.15, -0.1) is 0 Å². The SMILES string of the molecule is C[C@H]1CCO[C@@]2(O1)C(=O)N(CN1CCOCC1)c1ccc(Br)cc12. The highest BCUT2D eigenvalue weighted by molar-refractivity contribution is 9.10. The summed E-state index contributed by atoms with van der Waals surface area (Å²) in [6.45, 7) is 6.07. The molecule has 6 nitrogen and oxygen atoms in total. The molecule has 4 rings (SSSR count). The number of amides is 1. The monoisotopic (exact) mass is 396 g/mol. The number of morpholine rings is 1. The van der Waals surface area contributed by atoms with Crippen LogP contribution in [-0.2, 0) is 24.8 Å². The topological polar surface area (TPSA) is 51.2 Å². The molecule has 1 amide bonds. The summed E-state index contributed by atoms with van der Waals surface area (Å²) in [5.41, 5.74) is 1.66. The van der Waals surface area contributed by atoms with E-state index in [0.717, 1.165) is 35.2 Å². The number of ether oxygens (including phenoxy) is 3. The minimum absolute atomic E-state index is 0.0159. The molecule has 0 N–H and O–H groups in total. The number of rotatable bonds is 2. The Morgan fingerprint density at radius 3 is 2.83 bits per heavy atom. The number of carbonyl (C=O) groups is 1. The highest BCUT2D eigenvalue weighted by Gasteiger charge is 2.56. The van der Waals surface area contributed by atoms with Crippen LogP contribution in [0.5, 0.6) is 0 Å². The average Bonchev–Trinajstić information content (AvgIpc) is 2.78. The summed E-state index contributed by atoms with van der Waals surface area (Å²) in [6, 6.07) is 5.84. The summed E-state index contributed by atoms with van der Waals surface area (Å²) in [4.78, 5) is 17.3. The van der Waals surface area contributed by atoms with Gasteiger partial charge >= 0.3 is 0 Å². The van der Waals surface area contributed by atoms with E-state index in [4.69, 9.17) is 14.2 Å². The molecular formula is C17H21BrN2O4. The van der Waals surface area contributed by atoms with Crippen molar-refractivity contribution in [1.82, 2.24) is 4.90 Å². The smallest absolute Gasteiger partial charge is 0.293 e. The largest absolute Gasteiger partial charge is 0.379 e. The minimum Gasteiger partial charge on any atom is -0.379 e. The molecule has 0 bridgehead atoms. The van der Waals surface area contributed by atoms with Gasteiger partial charge in [-0.1, -0.05) is 15.9 Å². The lowest BCUT2D eigenvalue weighted by atomic mass is 10.1. The number of halogens is 1. The van der Waals surface area contributed by atoms with Gasteiger partial charge in [0, 0.05) is 23.1 Å². The van der Waals surface area contributed by atoms with E-state index >= 15 is 0 Å². The molecule has 3 aliphatic heterocycles.